The summed E-state index contributed by atoms with van der Waals surface area (Å²) in [6.45, 7) is 6.15. The molecule has 6 nitrogen and oxygen atoms in total. The Hall–Kier alpha value is -1.40. The Balaban J connectivity index is 2.46. The van der Waals surface area contributed by atoms with E-state index in [9.17, 15) is 4.79 Å². The number of likely N-dealkylation sites (N-methyl/N-ethyl adjacent to an activating group) is 2. The topological polar surface area (TPSA) is 62.2 Å². The third-order valence-corrected chi connectivity index (χ3v) is 2.58. The molecule has 0 aliphatic rings. The van der Waals surface area contributed by atoms with Gasteiger partial charge in [0.2, 0.25) is 5.91 Å². The lowest BCUT2D eigenvalue weighted by molar-refractivity contribution is -0.117. The zero-order valence-electron chi connectivity index (χ0n) is 11.6. The summed E-state index contributed by atoms with van der Waals surface area (Å²) in [4.78, 5) is 13.8. The van der Waals surface area contributed by atoms with Crippen molar-refractivity contribution >= 4 is 11.7 Å². The maximum atomic E-state index is 11.8. The molecule has 0 saturated carbocycles. The van der Waals surface area contributed by atoms with Gasteiger partial charge in [0.1, 0.15) is 5.82 Å². The second-order valence-corrected chi connectivity index (χ2v) is 4.64. The van der Waals surface area contributed by atoms with Gasteiger partial charge in [-0.25, -0.2) is 4.68 Å². The molecule has 0 bridgehead atoms. The Bertz CT molecular complexity index is 374. The minimum absolute atomic E-state index is 0.0176. The first kappa shape index (κ1) is 14.7. The van der Waals surface area contributed by atoms with Crippen LogP contribution in [0.15, 0.2) is 12.3 Å². The number of hydrogen-bond acceptors (Lipinski definition) is 4. The first-order valence-corrected chi connectivity index (χ1v) is 6.21. The summed E-state index contributed by atoms with van der Waals surface area (Å²) in [5.41, 5.74) is 0. The van der Waals surface area contributed by atoms with E-state index in [1.165, 1.54) is 0 Å². The molecule has 0 fully saturated rings. The molecule has 1 aromatic heterocycles. The molecule has 1 rings (SSSR count). The fourth-order valence-corrected chi connectivity index (χ4v) is 1.63. The van der Waals surface area contributed by atoms with E-state index in [1.54, 1.807) is 10.9 Å². The molecule has 6 heteroatoms. The number of amides is 1. The highest BCUT2D eigenvalue weighted by atomic mass is 16.2. The van der Waals surface area contributed by atoms with Crippen molar-refractivity contribution in [2.45, 2.75) is 19.9 Å². The molecule has 0 aliphatic carbocycles. The van der Waals surface area contributed by atoms with Crippen LogP contribution in [-0.4, -0.2) is 54.3 Å². The third kappa shape index (κ3) is 4.46. The first-order chi connectivity index (χ1) is 8.54. The largest absolute Gasteiger partial charge is 0.318 e. The quantitative estimate of drug-likeness (QED) is 0.745. The van der Waals surface area contributed by atoms with E-state index < -0.39 is 0 Å². The summed E-state index contributed by atoms with van der Waals surface area (Å²) in [6.07, 6.45) is 1.69. The Morgan fingerprint density at radius 3 is 2.89 bits per heavy atom. The van der Waals surface area contributed by atoms with E-state index in [4.69, 9.17) is 0 Å². The molecule has 0 radical (unpaired) electrons. The van der Waals surface area contributed by atoms with Crippen LogP contribution in [0.25, 0.3) is 0 Å². The molecule has 2 N–H and O–H groups in total. The third-order valence-electron chi connectivity index (χ3n) is 2.58. The molecular formula is C12H23N5O. The summed E-state index contributed by atoms with van der Waals surface area (Å²) in [6, 6.07) is 2.04. The van der Waals surface area contributed by atoms with Crippen molar-refractivity contribution in [1.82, 2.24) is 20.0 Å². The summed E-state index contributed by atoms with van der Waals surface area (Å²) in [5, 5.41) is 10.1. The van der Waals surface area contributed by atoms with Gasteiger partial charge in [-0.2, -0.15) is 5.10 Å². The molecule has 0 spiro atoms. The highest BCUT2D eigenvalue weighted by Gasteiger charge is 2.10. The Morgan fingerprint density at radius 1 is 1.56 bits per heavy atom. The molecule has 0 unspecified atom stereocenters. The summed E-state index contributed by atoms with van der Waals surface area (Å²) in [7, 11) is 3.83. The minimum Gasteiger partial charge on any atom is -0.318 e. The fraction of sp³-hybridized carbons (Fsp3) is 0.667. The lowest BCUT2D eigenvalue weighted by atomic mass is 10.4. The number of carbonyl (C=O) groups is 1. The van der Waals surface area contributed by atoms with E-state index in [-0.39, 0.29) is 11.9 Å². The standard InChI is InChI=1S/C12H23N5O/c1-10(2)17-11(5-6-14-17)15-12(18)9-16(4)8-7-13-3/h5-6,10,13H,7-9H2,1-4H3,(H,15,18). The normalized spacial score (nSPS) is 11.2. The molecule has 102 valence electrons. The molecule has 0 aliphatic heterocycles. The Labute approximate surface area is 108 Å². The van der Waals surface area contributed by atoms with Gasteiger partial charge in [0.25, 0.3) is 0 Å². The average Bonchev–Trinajstić information content (AvgIpc) is 2.74. The van der Waals surface area contributed by atoms with Crippen LogP contribution in [0.4, 0.5) is 5.82 Å². The molecule has 18 heavy (non-hydrogen) atoms. The number of aromatic nitrogens is 2. The lowest BCUT2D eigenvalue weighted by Crippen LogP contribution is -2.34. The molecule has 0 saturated heterocycles. The number of nitrogens with one attached hydrogen (secondary N) is 2. The number of carbonyl (C=O) groups excluding carboxylic acids is 1. The van der Waals surface area contributed by atoms with Crippen molar-refractivity contribution in [1.29, 1.82) is 0 Å². The average molecular weight is 253 g/mol. The van der Waals surface area contributed by atoms with Crippen LogP contribution in [0.5, 0.6) is 0 Å². The maximum absolute atomic E-state index is 11.8. The van der Waals surface area contributed by atoms with E-state index >= 15 is 0 Å². The molecule has 1 aromatic rings. The molecule has 1 amide bonds. The number of nitrogens with zero attached hydrogens (tertiary/aromatic N) is 3. The molecular weight excluding hydrogens is 230 g/mol. The van der Waals surface area contributed by atoms with Crippen LogP contribution in [0.1, 0.15) is 19.9 Å². The maximum Gasteiger partial charge on any atom is 0.239 e. The highest BCUT2D eigenvalue weighted by molar-refractivity contribution is 5.91. The number of hydrogen-bond donors (Lipinski definition) is 2. The van der Waals surface area contributed by atoms with Crippen molar-refractivity contribution in [3.05, 3.63) is 12.3 Å². The van der Waals surface area contributed by atoms with E-state index in [0.717, 1.165) is 18.9 Å². The van der Waals surface area contributed by atoms with E-state index in [0.29, 0.717) is 6.54 Å². The van der Waals surface area contributed by atoms with Gasteiger partial charge in [-0.1, -0.05) is 0 Å². The van der Waals surface area contributed by atoms with Crippen LogP contribution in [0, 0.1) is 0 Å². The van der Waals surface area contributed by atoms with Crippen LogP contribution in [0.3, 0.4) is 0 Å². The van der Waals surface area contributed by atoms with Gasteiger partial charge < -0.3 is 10.6 Å². The van der Waals surface area contributed by atoms with Gasteiger partial charge in [-0.3, -0.25) is 9.69 Å². The molecule has 1 heterocycles. The predicted octanol–water partition coefficient (Wildman–Crippen LogP) is 0.554. The van der Waals surface area contributed by atoms with Crippen LogP contribution in [0.2, 0.25) is 0 Å². The van der Waals surface area contributed by atoms with Gasteiger partial charge in [-0.15, -0.1) is 0 Å². The van der Waals surface area contributed by atoms with Gasteiger partial charge >= 0.3 is 0 Å². The van der Waals surface area contributed by atoms with Gasteiger partial charge in [0.05, 0.1) is 12.7 Å². The second-order valence-electron chi connectivity index (χ2n) is 4.64. The second kappa shape index (κ2) is 7.13. The lowest BCUT2D eigenvalue weighted by Gasteiger charge is -2.17. The van der Waals surface area contributed by atoms with Gasteiger partial charge in [0, 0.05) is 25.2 Å². The fourth-order valence-electron chi connectivity index (χ4n) is 1.63. The molecule has 0 atom stereocenters. The number of anilines is 1. The van der Waals surface area contributed by atoms with Crippen molar-refractivity contribution in [2.24, 2.45) is 0 Å². The van der Waals surface area contributed by atoms with Crippen LogP contribution >= 0.6 is 0 Å². The van der Waals surface area contributed by atoms with Gasteiger partial charge in [0.15, 0.2) is 0 Å². The zero-order valence-corrected chi connectivity index (χ0v) is 11.6. The first-order valence-electron chi connectivity index (χ1n) is 6.21. The van der Waals surface area contributed by atoms with Crippen molar-refractivity contribution in [3.63, 3.8) is 0 Å². The van der Waals surface area contributed by atoms with Crippen molar-refractivity contribution in [3.8, 4) is 0 Å². The monoisotopic (exact) mass is 253 g/mol. The number of rotatable bonds is 7. The summed E-state index contributed by atoms with van der Waals surface area (Å²) < 4.78 is 1.80. The SMILES string of the molecule is CNCCN(C)CC(=O)Nc1ccnn1C(C)C. The Morgan fingerprint density at radius 2 is 2.28 bits per heavy atom. The van der Waals surface area contributed by atoms with Gasteiger partial charge in [-0.05, 0) is 27.9 Å². The van der Waals surface area contributed by atoms with Crippen molar-refractivity contribution < 1.29 is 4.79 Å². The zero-order chi connectivity index (χ0) is 13.5. The van der Waals surface area contributed by atoms with Crippen LogP contribution < -0.4 is 10.6 Å². The summed E-state index contributed by atoms with van der Waals surface area (Å²) >= 11 is 0. The smallest absolute Gasteiger partial charge is 0.239 e. The highest BCUT2D eigenvalue weighted by Crippen LogP contribution is 2.12. The van der Waals surface area contributed by atoms with Crippen LogP contribution in [-0.2, 0) is 4.79 Å². The van der Waals surface area contributed by atoms with Crippen molar-refractivity contribution in [2.75, 3.05) is 39.0 Å². The minimum atomic E-state index is -0.0176. The summed E-state index contributed by atoms with van der Waals surface area (Å²) in [5.74, 6) is 0.730. The molecule has 0 aromatic carbocycles. The van der Waals surface area contributed by atoms with E-state index in [1.807, 2.05) is 38.9 Å². The predicted molar refractivity (Wildman–Crippen MR) is 72.7 cm³/mol. The van der Waals surface area contributed by atoms with E-state index in [2.05, 4.69) is 15.7 Å². The Kier molecular flexibility index (Phi) is 5.80.